The van der Waals surface area contributed by atoms with Crippen LogP contribution in [0.15, 0.2) is 42.5 Å². The molecule has 0 heterocycles. The van der Waals surface area contributed by atoms with Crippen molar-refractivity contribution >= 4 is 11.8 Å². The second-order valence-corrected chi connectivity index (χ2v) is 9.32. The van der Waals surface area contributed by atoms with E-state index in [1.807, 2.05) is 44.1 Å². The third-order valence-electron chi connectivity index (χ3n) is 7.26. The molecule has 1 unspecified atom stereocenters. The first-order valence-electron chi connectivity index (χ1n) is 11.1. The Bertz CT molecular complexity index is 992. The summed E-state index contributed by atoms with van der Waals surface area (Å²) in [6.07, 6.45) is 0.570. The highest BCUT2D eigenvalue weighted by Gasteiger charge is 2.62. The zero-order valence-corrected chi connectivity index (χ0v) is 19.8. The van der Waals surface area contributed by atoms with Crippen LogP contribution in [0.1, 0.15) is 40.9 Å². The molecule has 1 aliphatic carbocycles. The van der Waals surface area contributed by atoms with E-state index in [9.17, 15) is 14.0 Å². The lowest BCUT2D eigenvalue weighted by Gasteiger charge is -2.26. The normalized spacial score (nSPS) is 23.0. The van der Waals surface area contributed by atoms with Gasteiger partial charge in [-0.05, 0) is 62.2 Å². The number of nitrogens with zero attached hydrogens (tertiary/aromatic N) is 1. The molecule has 1 saturated carbocycles. The van der Waals surface area contributed by atoms with Gasteiger partial charge >= 0.3 is 0 Å². The quantitative estimate of drug-likeness (QED) is 0.664. The lowest BCUT2D eigenvalue weighted by atomic mass is 9.94. The molecule has 0 bridgehead atoms. The van der Waals surface area contributed by atoms with E-state index in [2.05, 4.69) is 36.6 Å². The van der Waals surface area contributed by atoms with Crippen LogP contribution in [0.5, 0.6) is 0 Å². The predicted octanol–water partition coefficient (Wildman–Crippen LogP) is 3.31. The number of nitrogens with one attached hydrogen (secondary N) is 2. The van der Waals surface area contributed by atoms with Crippen LogP contribution < -0.4 is 10.6 Å². The van der Waals surface area contributed by atoms with Crippen LogP contribution >= 0.6 is 0 Å². The zero-order valence-electron chi connectivity index (χ0n) is 19.8. The maximum absolute atomic E-state index is 14.5. The van der Waals surface area contributed by atoms with E-state index in [1.165, 1.54) is 18.7 Å². The first kappa shape index (κ1) is 23.9. The summed E-state index contributed by atoms with van der Waals surface area (Å²) in [6.45, 7) is 6.63. The fourth-order valence-corrected chi connectivity index (χ4v) is 4.74. The van der Waals surface area contributed by atoms with Gasteiger partial charge in [0.2, 0.25) is 5.91 Å². The Labute approximate surface area is 190 Å². The molecule has 2 amide bonds. The van der Waals surface area contributed by atoms with Crippen molar-refractivity contribution in [3.8, 4) is 0 Å². The van der Waals surface area contributed by atoms with Gasteiger partial charge in [-0.15, -0.1) is 0 Å². The maximum Gasteiger partial charge on any atom is 0.254 e. The first-order chi connectivity index (χ1) is 15.1. The average Bonchev–Trinajstić information content (AvgIpc) is 3.34. The highest BCUT2D eigenvalue weighted by molar-refractivity contribution is 5.94. The fourth-order valence-electron chi connectivity index (χ4n) is 4.74. The van der Waals surface area contributed by atoms with E-state index < -0.39 is 11.7 Å². The third-order valence-corrected chi connectivity index (χ3v) is 7.26. The van der Waals surface area contributed by atoms with E-state index in [-0.39, 0.29) is 34.8 Å². The topological polar surface area (TPSA) is 61.4 Å². The van der Waals surface area contributed by atoms with Crippen LogP contribution in [0, 0.1) is 24.6 Å². The molecule has 1 fully saturated rings. The number of amides is 2. The summed E-state index contributed by atoms with van der Waals surface area (Å²) in [7, 11) is 5.39. The molecule has 32 heavy (non-hydrogen) atoms. The molecule has 0 radical (unpaired) electrons. The molecule has 0 aliphatic heterocycles. The van der Waals surface area contributed by atoms with Gasteiger partial charge in [0.25, 0.3) is 5.91 Å². The van der Waals surface area contributed by atoms with Crippen LogP contribution in [0.3, 0.4) is 0 Å². The number of rotatable bonds is 8. The van der Waals surface area contributed by atoms with Gasteiger partial charge in [0.1, 0.15) is 5.82 Å². The first-order valence-corrected chi connectivity index (χ1v) is 11.1. The zero-order chi connectivity index (χ0) is 23.6. The van der Waals surface area contributed by atoms with E-state index in [0.717, 1.165) is 11.1 Å². The molecular formula is C26H34FN3O2. The molecule has 0 aromatic heterocycles. The summed E-state index contributed by atoms with van der Waals surface area (Å²) in [5.74, 6) is -0.686. The summed E-state index contributed by atoms with van der Waals surface area (Å²) in [6, 6.07) is 13.2. The van der Waals surface area contributed by atoms with Gasteiger partial charge in [-0.1, -0.05) is 44.2 Å². The number of carbonyl (C=O) groups is 2. The third kappa shape index (κ3) is 4.56. The Hall–Kier alpha value is -2.73. The highest BCUT2D eigenvalue weighted by Crippen LogP contribution is 2.59. The van der Waals surface area contributed by atoms with E-state index >= 15 is 0 Å². The molecule has 2 aromatic rings. The lowest BCUT2D eigenvalue weighted by molar-refractivity contribution is -0.123. The SMILES string of the molecule is CNC(=O)c1cc(C)c(C[C@@H](CNC(=O)[C@@H]2[C@H](C)C2(C)c2ccccc2)N(C)C)cc1F. The minimum Gasteiger partial charge on any atom is -0.355 e. The molecular weight excluding hydrogens is 405 g/mol. The Kier molecular flexibility index (Phi) is 7.03. The standard InChI is InChI=1S/C26H34FN3O2/c1-16-12-21(24(31)28-4)22(27)14-18(16)13-20(30(5)6)15-29-25(32)23-17(2)26(23,3)19-10-8-7-9-11-19/h7-12,14,17,20,23H,13,15H2,1-6H3,(H,28,31)(H,29,32)/t17-,20-,23-,26?/m0/s1. The number of carbonyl (C=O) groups excluding carboxylic acids is 2. The summed E-state index contributed by atoms with van der Waals surface area (Å²) in [5, 5.41) is 5.60. The molecule has 6 heteroatoms. The second-order valence-electron chi connectivity index (χ2n) is 9.32. The Morgan fingerprint density at radius 1 is 1.19 bits per heavy atom. The molecule has 1 aliphatic rings. The lowest BCUT2D eigenvalue weighted by Crippen LogP contribution is -2.42. The number of aryl methyl sites for hydroxylation is 1. The number of halogens is 1. The van der Waals surface area contributed by atoms with E-state index in [1.54, 1.807) is 6.07 Å². The highest BCUT2D eigenvalue weighted by atomic mass is 19.1. The van der Waals surface area contributed by atoms with Crippen molar-refractivity contribution < 1.29 is 14.0 Å². The van der Waals surface area contributed by atoms with Crippen molar-refractivity contribution in [2.45, 2.75) is 38.6 Å². The van der Waals surface area contributed by atoms with E-state index in [4.69, 9.17) is 0 Å². The van der Waals surface area contributed by atoms with Crippen molar-refractivity contribution in [2.75, 3.05) is 27.7 Å². The largest absolute Gasteiger partial charge is 0.355 e. The fraction of sp³-hybridized carbons (Fsp3) is 0.462. The van der Waals surface area contributed by atoms with Gasteiger partial charge in [-0.2, -0.15) is 0 Å². The molecule has 172 valence electrons. The van der Waals surface area contributed by atoms with Gasteiger partial charge in [0.15, 0.2) is 0 Å². The Morgan fingerprint density at radius 2 is 1.84 bits per heavy atom. The van der Waals surface area contributed by atoms with Crippen LogP contribution in [0.2, 0.25) is 0 Å². The molecule has 5 nitrogen and oxygen atoms in total. The minimum atomic E-state index is -0.531. The van der Waals surface area contributed by atoms with Gasteiger partial charge in [0.05, 0.1) is 11.5 Å². The molecule has 3 rings (SSSR count). The van der Waals surface area contributed by atoms with Crippen molar-refractivity contribution in [1.82, 2.24) is 15.5 Å². The summed E-state index contributed by atoms with van der Waals surface area (Å²) in [5.41, 5.74) is 2.78. The molecule has 0 spiro atoms. The molecule has 4 atom stereocenters. The van der Waals surface area contributed by atoms with Crippen LogP contribution in [0.25, 0.3) is 0 Å². The van der Waals surface area contributed by atoms with E-state index in [0.29, 0.717) is 13.0 Å². The van der Waals surface area contributed by atoms with Crippen LogP contribution in [-0.2, 0) is 16.6 Å². The smallest absolute Gasteiger partial charge is 0.254 e. The minimum absolute atomic E-state index is 0.0000563. The van der Waals surface area contributed by atoms with Gasteiger partial charge in [-0.3, -0.25) is 9.59 Å². The average molecular weight is 440 g/mol. The van der Waals surface area contributed by atoms with Gasteiger partial charge in [0, 0.05) is 25.0 Å². The number of likely N-dealkylation sites (N-methyl/N-ethyl adjacent to an activating group) is 1. The van der Waals surface area contributed by atoms with Crippen LogP contribution in [-0.4, -0.2) is 50.4 Å². The maximum atomic E-state index is 14.5. The van der Waals surface area contributed by atoms with Crippen molar-refractivity contribution in [3.05, 3.63) is 70.5 Å². The summed E-state index contributed by atoms with van der Waals surface area (Å²) in [4.78, 5) is 26.9. The predicted molar refractivity (Wildman–Crippen MR) is 125 cm³/mol. The summed E-state index contributed by atoms with van der Waals surface area (Å²) >= 11 is 0. The van der Waals surface area contributed by atoms with Gasteiger partial charge < -0.3 is 15.5 Å². The molecule has 0 saturated heterocycles. The van der Waals surface area contributed by atoms with Crippen LogP contribution in [0.4, 0.5) is 4.39 Å². The Balaban J connectivity index is 1.68. The monoisotopic (exact) mass is 439 g/mol. The van der Waals surface area contributed by atoms with Crippen molar-refractivity contribution in [2.24, 2.45) is 11.8 Å². The molecule has 2 N–H and O–H groups in total. The second kappa shape index (κ2) is 9.41. The molecule has 2 aromatic carbocycles. The van der Waals surface area contributed by atoms with Crippen molar-refractivity contribution in [1.29, 1.82) is 0 Å². The van der Waals surface area contributed by atoms with Gasteiger partial charge in [-0.25, -0.2) is 4.39 Å². The van der Waals surface area contributed by atoms with Crippen molar-refractivity contribution in [3.63, 3.8) is 0 Å². The number of benzene rings is 2. The number of hydrogen-bond acceptors (Lipinski definition) is 3. The number of hydrogen-bond donors (Lipinski definition) is 2. The Morgan fingerprint density at radius 3 is 2.44 bits per heavy atom. The summed E-state index contributed by atoms with van der Waals surface area (Å²) < 4.78 is 14.5.